The molecule has 1 fully saturated rings. The van der Waals surface area contributed by atoms with E-state index in [1.807, 2.05) is 24.3 Å². The smallest absolute Gasteiger partial charge is 0.224 e. The van der Waals surface area contributed by atoms with E-state index >= 15 is 0 Å². The average Bonchev–Trinajstić information content (AvgIpc) is 3.28. The Balaban J connectivity index is 1.09. The molecule has 6 heteroatoms. The van der Waals surface area contributed by atoms with Crippen molar-refractivity contribution in [1.82, 2.24) is 15.2 Å². The predicted molar refractivity (Wildman–Crippen MR) is 138 cm³/mol. The van der Waals surface area contributed by atoms with Crippen molar-refractivity contribution >= 4 is 43.4 Å². The van der Waals surface area contributed by atoms with Crippen molar-refractivity contribution in [3.8, 4) is 0 Å². The maximum Gasteiger partial charge on any atom is 0.224 e. The minimum atomic E-state index is 0.0888. The van der Waals surface area contributed by atoms with Gasteiger partial charge in [-0.15, -0.1) is 0 Å². The van der Waals surface area contributed by atoms with Crippen LogP contribution in [0.2, 0.25) is 0 Å². The zero-order chi connectivity index (χ0) is 22.6. The van der Waals surface area contributed by atoms with Crippen LogP contribution in [0.1, 0.15) is 18.1 Å². The lowest BCUT2D eigenvalue weighted by Gasteiger charge is -2.34. The van der Waals surface area contributed by atoms with Crippen molar-refractivity contribution in [2.75, 3.05) is 44.2 Å². The van der Waals surface area contributed by atoms with Gasteiger partial charge in [0, 0.05) is 39.3 Å². The molecule has 1 amide bonds. The fourth-order valence-electron chi connectivity index (χ4n) is 4.51. The first-order valence-corrected chi connectivity index (χ1v) is 12.6. The molecule has 33 heavy (non-hydrogen) atoms. The molecule has 0 spiro atoms. The highest BCUT2D eigenvalue weighted by atomic mass is 32.1. The predicted octanol–water partition coefficient (Wildman–Crippen LogP) is 4.49. The molecule has 2 heterocycles. The van der Waals surface area contributed by atoms with Gasteiger partial charge in [-0.25, -0.2) is 4.98 Å². The largest absolute Gasteiger partial charge is 0.355 e. The SMILES string of the molecule is CCc1ccc2nc(N3CCN(CCNC(=O)Cc4cccc5ccccc45)CC3)sc2c1. The Morgan fingerprint density at radius 2 is 1.85 bits per heavy atom. The summed E-state index contributed by atoms with van der Waals surface area (Å²) >= 11 is 1.80. The van der Waals surface area contributed by atoms with Crippen LogP contribution in [0.4, 0.5) is 5.13 Å². The summed E-state index contributed by atoms with van der Waals surface area (Å²) in [5.41, 5.74) is 3.55. The number of carbonyl (C=O) groups is 1. The van der Waals surface area contributed by atoms with Gasteiger partial charge in [0.2, 0.25) is 5.91 Å². The number of hydrogen-bond donors (Lipinski definition) is 1. The van der Waals surface area contributed by atoms with Crippen molar-refractivity contribution in [3.05, 3.63) is 71.8 Å². The fraction of sp³-hybridized carbons (Fsp3) is 0.333. The van der Waals surface area contributed by atoms with E-state index in [4.69, 9.17) is 4.98 Å². The second-order valence-electron chi connectivity index (χ2n) is 8.65. The number of fused-ring (bicyclic) bond motifs is 2. The maximum absolute atomic E-state index is 12.5. The molecule has 1 aliphatic rings. The Kier molecular flexibility index (Phi) is 6.55. The van der Waals surface area contributed by atoms with Gasteiger partial charge in [0.1, 0.15) is 0 Å². The van der Waals surface area contributed by atoms with Gasteiger partial charge in [0.25, 0.3) is 0 Å². The second-order valence-corrected chi connectivity index (χ2v) is 9.65. The van der Waals surface area contributed by atoms with Crippen LogP contribution in [-0.2, 0) is 17.6 Å². The normalized spacial score (nSPS) is 14.8. The van der Waals surface area contributed by atoms with E-state index < -0.39 is 0 Å². The number of hydrogen-bond acceptors (Lipinski definition) is 5. The Morgan fingerprint density at radius 1 is 1.03 bits per heavy atom. The highest BCUT2D eigenvalue weighted by Gasteiger charge is 2.20. The third kappa shape index (κ3) is 5.02. The summed E-state index contributed by atoms with van der Waals surface area (Å²) in [4.78, 5) is 22.2. The van der Waals surface area contributed by atoms with Crippen LogP contribution in [0, 0.1) is 0 Å². The number of amides is 1. The third-order valence-electron chi connectivity index (χ3n) is 6.47. The second kappa shape index (κ2) is 9.89. The third-order valence-corrected chi connectivity index (χ3v) is 7.55. The van der Waals surface area contributed by atoms with Gasteiger partial charge in [-0.3, -0.25) is 9.69 Å². The molecule has 1 aromatic heterocycles. The van der Waals surface area contributed by atoms with Gasteiger partial charge in [0.15, 0.2) is 5.13 Å². The van der Waals surface area contributed by atoms with Gasteiger partial charge < -0.3 is 10.2 Å². The molecule has 0 radical (unpaired) electrons. The van der Waals surface area contributed by atoms with Crippen LogP contribution < -0.4 is 10.2 Å². The summed E-state index contributed by atoms with van der Waals surface area (Å²) in [5, 5.41) is 6.58. The van der Waals surface area contributed by atoms with E-state index in [1.54, 1.807) is 11.3 Å². The summed E-state index contributed by atoms with van der Waals surface area (Å²) in [6, 6.07) is 21.0. The maximum atomic E-state index is 12.5. The molecule has 3 aromatic carbocycles. The first-order chi connectivity index (χ1) is 16.2. The Bertz CT molecular complexity index is 1250. The molecule has 1 saturated heterocycles. The quantitative estimate of drug-likeness (QED) is 0.443. The number of aryl methyl sites for hydroxylation is 1. The van der Waals surface area contributed by atoms with Crippen LogP contribution in [0.15, 0.2) is 60.7 Å². The zero-order valence-electron chi connectivity index (χ0n) is 19.1. The van der Waals surface area contributed by atoms with Gasteiger partial charge in [-0.1, -0.05) is 66.8 Å². The van der Waals surface area contributed by atoms with Crippen LogP contribution in [-0.4, -0.2) is 55.1 Å². The highest BCUT2D eigenvalue weighted by molar-refractivity contribution is 7.22. The molecule has 0 atom stereocenters. The molecular weight excluding hydrogens is 428 g/mol. The monoisotopic (exact) mass is 458 g/mol. The molecule has 0 unspecified atom stereocenters. The van der Waals surface area contributed by atoms with Gasteiger partial charge >= 0.3 is 0 Å². The van der Waals surface area contributed by atoms with Crippen LogP contribution >= 0.6 is 11.3 Å². The molecule has 0 saturated carbocycles. The molecular formula is C27H30N4OS. The van der Waals surface area contributed by atoms with Crippen LogP contribution in [0.3, 0.4) is 0 Å². The molecule has 170 valence electrons. The number of carbonyl (C=O) groups excluding carboxylic acids is 1. The number of nitrogens with one attached hydrogen (secondary N) is 1. The molecule has 1 N–H and O–H groups in total. The van der Waals surface area contributed by atoms with Gasteiger partial charge in [-0.05, 0) is 40.5 Å². The number of rotatable bonds is 7. The molecule has 0 bridgehead atoms. The molecule has 1 aliphatic heterocycles. The standard InChI is InChI=1S/C27H30N4OS/c1-2-20-10-11-24-25(18-20)33-27(29-24)31-16-14-30(15-17-31)13-12-28-26(32)19-22-8-5-7-21-6-3-4-9-23(21)22/h3-11,18H,2,12-17,19H2,1H3,(H,28,32). The minimum absolute atomic E-state index is 0.0888. The van der Waals surface area contributed by atoms with Crippen molar-refractivity contribution in [1.29, 1.82) is 0 Å². The van der Waals surface area contributed by atoms with E-state index in [0.717, 1.165) is 60.7 Å². The molecule has 4 aromatic rings. The van der Waals surface area contributed by atoms with Crippen molar-refractivity contribution < 1.29 is 4.79 Å². The number of nitrogens with zero attached hydrogens (tertiary/aromatic N) is 3. The highest BCUT2D eigenvalue weighted by Crippen LogP contribution is 2.30. The van der Waals surface area contributed by atoms with E-state index in [0.29, 0.717) is 13.0 Å². The number of piperazine rings is 1. The summed E-state index contributed by atoms with van der Waals surface area (Å²) in [7, 11) is 0. The number of anilines is 1. The number of benzene rings is 3. The van der Waals surface area contributed by atoms with E-state index in [9.17, 15) is 4.79 Å². The Morgan fingerprint density at radius 3 is 2.70 bits per heavy atom. The van der Waals surface area contributed by atoms with E-state index in [2.05, 4.69) is 58.4 Å². The van der Waals surface area contributed by atoms with Crippen molar-refractivity contribution in [3.63, 3.8) is 0 Å². The number of aromatic nitrogens is 1. The van der Waals surface area contributed by atoms with E-state index in [-0.39, 0.29) is 5.91 Å². The molecule has 5 nitrogen and oxygen atoms in total. The van der Waals surface area contributed by atoms with Crippen LogP contribution in [0.5, 0.6) is 0 Å². The molecule has 5 rings (SSSR count). The lowest BCUT2D eigenvalue weighted by Crippen LogP contribution is -2.48. The van der Waals surface area contributed by atoms with Crippen LogP contribution in [0.25, 0.3) is 21.0 Å². The summed E-state index contributed by atoms with van der Waals surface area (Å²) in [5.74, 6) is 0.0888. The Hall–Kier alpha value is -2.96. The fourth-order valence-corrected chi connectivity index (χ4v) is 5.59. The molecule has 0 aliphatic carbocycles. The van der Waals surface area contributed by atoms with Crippen molar-refractivity contribution in [2.24, 2.45) is 0 Å². The zero-order valence-corrected chi connectivity index (χ0v) is 19.9. The summed E-state index contributed by atoms with van der Waals surface area (Å²) in [6.07, 6.45) is 1.48. The first-order valence-electron chi connectivity index (χ1n) is 11.8. The van der Waals surface area contributed by atoms with Gasteiger partial charge in [-0.2, -0.15) is 0 Å². The summed E-state index contributed by atoms with van der Waals surface area (Å²) in [6.45, 7) is 7.70. The average molecular weight is 459 g/mol. The van der Waals surface area contributed by atoms with E-state index in [1.165, 1.54) is 15.6 Å². The minimum Gasteiger partial charge on any atom is -0.355 e. The lowest BCUT2D eigenvalue weighted by atomic mass is 10.0. The van der Waals surface area contributed by atoms with Crippen molar-refractivity contribution in [2.45, 2.75) is 19.8 Å². The topological polar surface area (TPSA) is 48.5 Å². The van der Waals surface area contributed by atoms with Gasteiger partial charge in [0.05, 0.1) is 16.6 Å². The first kappa shape index (κ1) is 21.9. The lowest BCUT2D eigenvalue weighted by molar-refractivity contribution is -0.120. The Labute approximate surface area is 199 Å². The number of thiazole rings is 1. The summed E-state index contributed by atoms with van der Waals surface area (Å²) < 4.78 is 1.28.